The first-order valence-electron chi connectivity index (χ1n) is 8.78. The number of H-pyrrole nitrogens is 1. The van der Waals surface area contributed by atoms with Crippen LogP contribution in [0.15, 0.2) is 46.2 Å². The van der Waals surface area contributed by atoms with Crippen LogP contribution in [0.4, 0.5) is 0 Å². The molecule has 1 fully saturated rings. The maximum Gasteiger partial charge on any atom is 0.259 e. The van der Waals surface area contributed by atoms with Crippen LogP contribution in [0.2, 0.25) is 0 Å². The van der Waals surface area contributed by atoms with Crippen LogP contribution in [0.1, 0.15) is 38.6 Å². The molecule has 0 bridgehead atoms. The summed E-state index contributed by atoms with van der Waals surface area (Å²) in [5.74, 6) is 0. The number of nitrogens with zero attached hydrogens (tertiary/aromatic N) is 2. The molecule has 0 saturated heterocycles. The highest BCUT2D eigenvalue weighted by Crippen LogP contribution is 2.37. The van der Waals surface area contributed by atoms with E-state index in [-0.39, 0.29) is 22.6 Å². The van der Waals surface area contributed by atoms with Crippen molar-refractivity contribution >= 4 is 22.9 Å². The van der Waals surface area contributed by atoms with Crippen molar-refractivity contribution in [2.45, 2.75) is 49.1 Å². The number of benzene rings is 1. The van der Waals surface area contributed by atoms with Gasteiger partial charge in [-0.2, -0.15) is 5.10 Å². The molecule has 1 aliphatic carbocycles. The smallest absolute Gasteiger partial charge is 0.259 e. The van der Waals surface area contributed by atoms with E-state index in [4.69, 9.17) is 10.2 Å². The van der Waals surface area contributed by atoms with Crippen molar-refractivity contribution in [2.75, 3.05) is 0 Å². The molecule has 28 heavy (non-hydrogen) atoms. The standard InChI is InChI=1S/C19H22N4O2S.2H2O/c1-19(25)9-6-13(7-10-19)23-15-8-11-21-18(24)16(15)17(22-23)12-2-4-14(26-20)5-3-12;;/h2-5,8,11,13,25H,6-7,9-10,20H2,1H3,(H,21,24);2*1H2. The highest BCUT2D eigenvalue weighted by Gasteiger charge is 2.31. The normalized spacial score (nSPS) is 21.8. The van der Waals surface area contributed by atoms with Crippen LogP contribution in [0, 0.1) is 0 Å². The van der Waals surface area contributed by atoms with E-state index in [1.54, 1.807) is 6.20 Å². The molecular formula is C19H26N4O4S. The van der Waals surface area contributed by atoms with Crippen molar-refractivity contribution in [1.82, 2.24) is 14.8 Å². The molecule has 8 N–H and O–H groups in total. The third kappa shape index (κ3) is 3.98. The number of fused-ring (bicyclic) bond motifs is 1. The van der Waals surface area contributed by atoms with Crippen LogP contribution >= 0.6 is 11.9 Å². The minimum absolute atomic E-state index is 0. The summed E-state index contributed by atoms with van der Waals surface area (Å²) in [6.07, 6.45) is 4.83. The van der Waals surface area contributed by atoms with Crippen molar-refractivity contribution in [1.29, 1.82) is 0 Å². The molecule has 4 rings (SSSR count). The van der Waals surface area contributed by atoms with Crippen LogP contribution in [0.25, 0.3) is 22.2 Å². The van der Waals surface area contributed by atoms with Gasteiger partial charge in [-0.3, -0.25) is 14.6 Å². The Bertz CT molecular complexity index is 987. The van der Waals surface area contributed by atoms with Crippen molar-refractivity contribution in [2.24, 2.45) is 5.14 Å². The van der Waals surface area contributed by atoms with Gasteiger partial charge in [-0.1, -0.05) is 12.1 Å². The lowest BCUT2D eigenvalue weighted by Crippen LogP contribution is -2.31. The fourth-order valence-electron chi connectivity index (χ4n) is 3.74. The minimum Gasteiger partial charge on any atom is -0.412 e. The molecule has 0 unspecified atom stereocenters. The number of rotatable bonds is 3. The van der Waals surface area contributed by atoms with Crippen LogP contribution < -0.4 is 10.7 Å². The Balaban J connectivity index is 0.00000140. The Kier molecular flexibility index (Phi) is 6.68. The van der Waals surface area contributed by atoms with Gasteiger partial charge in [0.15, 0.2) is 0 Å². The summed E-state index contributed by atoms with van der Waals surface area (Å²) >= 11 is 1.19. The lowest BCUT2D eigenvalue weighted by Gasteiger charge is -2.33. The summed E-state index contributed by atoms with van der Waals surface area (Å²) in [5, 5.41) is 21.3. The lowest BCUT2D eigenvalue weighted by molar-refractivity contribution is 0.00907. The first-order valence-corrected chi connectivity index (χ1v) is 9.66. The third-order valence-electron chi connectivity index (χ3n) is 5.27. The Hall–Kier alpha value is -2.17. The van der Waals surface area contributed by atoms with Crippen molar-refractivity contribution in [3.05, 3.63) is 46.9 Å². The van der Waals surface area contributed by atoms with Gasteiger partial charge < -0.3 is 21.0 Å². The molecule has 9 heteroatoms. The number of aromatic amines is 1. The monoisotopic (exact) mass is 406 g/mol. The SMILES string of the molecule is CC1(O)CCC(n2nc(-c3ccc(SN)cc3)c3c(=O)[nH]ccc32)CC1.O.O. The predicted octanol–water partition coefficient (Wildman–Crippen LogP) is 1.57. The molecule has 1 aliphatic rings. The average Bonchev–Trinajstić information content (AvgIpc) is 3.03. The number of hydrogen-bond acceptors (Lipinski definition) is 5. The van der Waals surface area contributed by atoms with E-state index in [0.29, 0.717) is 11.1 Å². The predicted molar refractivity (Wildman–Crippen MR) is 111 cm³/mol. The quantitative estimate of drug-likeness (QED) is 0.562. The molecule has 1 saturated carbocycles. The topological polar surface area (TPSA) is 160 Å². The van der Waals surface area contributed by atoms with Gasteiger partial charge in [-0.05, 0) is 62.8 Å². The average molecular weight is 407 g/mol. The molecule has 8 nitrogen and oxygen atoms in total. The van der Waals surface area contributed by atoms with Gasteiger partial charge in [-0.25, -0.2) is 0 Å². The van der Waals surface area contributed by atoms with E-state index in [2.05, 4.69) is 4.98 Å². The first kappa shape index (κ1) is 22.1. The zero-order chi connectivity index (χ0) is 18.3. The van der Waals surface area contributed by atoms with Gasteiger partial charge in [0, 0.05) is 16.7 Å². The van der Waals surface area contributed by atoms with Crippen molar-refractivity contribution in [3.63, 3.8) is 0 Å². The Labute approximate surface area is 166 Å². The van der Waals surface area contributed by atoms with Crippen molar-refractivity contribution in [3.8, 4) is 11.3 Å². The van der Waals surface area contributed by atoms with Gasteiger partial charge in [0.2, 0.25) is 0 Å². The molecule has 0 spiro atoms. The van der Waals surface area contributed by atoms with E-state index >= 15 is 0 Å². The molecule has 0 radical (unpaired) electrons. The van der Waals surface area contributed by atoms with E-state index < -0.39 is 5.60 Å². The van der Waals surface area contributed by atoms with Crippen LogP contribution in [0.5, 0.6) is 0 Å². The number of nitrogens with two attached hydrogens (primary N) is 1. The molecule has 1 aromatic carbocycles. The number of pyridine rings is 1. The fourth-order valence-corrected chi connectivity index (χ4v) is 4.03. The van der Waals surface area contributed by atoms with Crippen LogP contribution in [-0.4, -0.2) is 36.4 Å². The summed E-state index contributed by atoms with van der Waals surface area (Å²) in [4.78, 5) is 16.2. The lowest BCUT2D eigenvalue weighted by atomic mass is 9.84. The molecule has 0 amide bonds. The highest BCUT2D eigenvalue weighted by molar-refractivity contribution is 7.97. The van der Waals surface area contributed by atoms with Gasteiger partial charge in [0.05, 0.1) is 22.5 Å². The molecule has 152 valence electrons. The zero-order valence-electron chi connectivity index (χ0n) is 15.6. The zero-order valence-corrected chi connectivity index (χ0v) is 16.4. The van der Waals surface area contributed by atoms with E-state index in [1.807, 2.05) is 41.9 Å². The maximum absolute atomic E-state index is 12.5. The summed E-state index contributed by atoms with van der Waals surface area (Å²) in [7, 11) is 0. The fraction of sp³-hybridized carbons (Fsp3) is 0.368. The summed E-state index contributed by atoms with van der Waals surface area (Å²) in [5.41, 5.74) is 1.69. The molecule has 2 aromatic heterocycles. The Morgan fingerprint density at radius 1 is 1.21 bits per heavy atom. The van der Waals surface area contributed by atoms with E-state index in [9.17, 15) is 9.90 Å². The molecule has 0 aliphatic heterocycles. The van der Waals surface area contributed by atoms with Gasteiger partial charge in [0.25, 0.3) is 5.56 Å². The molecular weight excluding hydrogens is 380 g/mol. The van der Waals surface area contributed by atoms with E-state index in [0.717, 1.165) is 41.7 Å². The third-order valence-corrected chi connectivity index (χ3v) is 5.82. The Morgan fingerprint density at radius 3 is 2.46 bits per heavy atom. The second-order valence-electron chi connectivity index (χ2n) is 7.23. The minimum atomic E-state index is -0.602. The number of aliphatic hydroxyl groups is 1. The van der Waals surface area contributed by atoms with Gasteiger partial charge in [-0.15, -0.1) is 0 Å². The molecule has 0 atom stereocenters. The number of aromatic nitrogens is 3. The maximum atomic E-state index is 12.5. The second kappa shape index (κ2) is 8.46. The first-order chi connectivity index (χ1) is 12.5. The number of nitrogens with one attached hydrogen (secondary N) is 1. The van der Waals surface area contributed by atoms with E-state index in [1.165, 1.54) is 11.9 Å². The highest BCUT2D eigenvalue weighted by atomic mass is 32.2. The summed E-state index contributed by atoms with van der Waals surface area (Å²) in [6.45, 7) is 1.89. The van der Waals surface area contributed by atoms with Gasteiger partial charge >= 0.3 is 0 Å². The summed E-state index contributed by atoms with van der Waals surface area (Å²) in [6, 6.07) is 9.84. The van der Waals surface area contributed by atoms with Crippen LogP contribution in [0.3, 0.4) is 0 Å². The van der Waals surface area contributed by atoms with Gasteiger partial charge in [0.1, 0.15) is 5.69 Å². The van der Waals surface area contributed by atoms with Crippen LogP contribution in [-0.2, 0) is 0 Å². The largest absolute Gasteiger partial charge is 0.412 e. The summed E-state index contributed by atoms with van der Waals surface area (Å²) < 4.78 is 1.97. The molecule has 3 aromatic rings. The van der Waals surface area contributed by atoms with Crippen molar-refractivity contribution < 1.29 is 16.1 Å². The second-order valence-corrected chi connectivity index (χ2v) is 7.94. The number of hydrogen-bond donors (Lipinski definition) is 3. The Morgan fingerprint density at radius 2 is 1.86 bits per heavy atom. The molecule has 2 heterocycles.